The standard InChI is InChI=1S/C10H14Cl2N2O/c1-2-14(5-6-15)7-9-8(11)3-4-10(12)13-9/h3-4,15H,2,5-7H2,1H3. The summed E-state index contributed by atoms with van der Waals surface area (Å²) in [7, 11) is 0. The third-order valence-corrected chi connectivity index (χ3v) is 2.68. The molecule has 1 heterocycles. The van der Waals surface area contributed by atoms with Gasteiger partial charge in [0, 0.05) is 13.1 Å². The molecule has 1 rings (SSSR count). The summed E-state index contributed by atoms with van der Waals surface area (Å²) in [6.07, 6.45) is 0. The van der Waals surface area contributed by atoms with Crippen LogP contribution in [0.5, 0.6) is 0 Å². The number of aliphatic hydroxyl groups is 1. The summed E-state index contributed by atoms with van der Waals surface area (Å²) in [5.41, 5.74) is 0.750. The summed E-state index contributed by atoms with van der Waals surface area (Å²) in [6.45, 7) is 4.21. The number of aliphatic hydroxyl groups excluding tert-OH is 1. The van der Waals surface area contributed by atoms with Crippen LogP contribution in [0.25, 0.3) is 0 Å². The maximum atomic E-state index is 8.85. The van der Waals surface area contributed by atoms with E-state index in [1.807, 2.05) is 11.8 Å². The average molecular weight is 249 g/mol. The van der Waals surface area contributed by atoms with E-state index in [4.69, 9.17) is 28.3 Å². The van der Waals surface area contributed by atoms with Crippen molar-refractivity contribution in [1.82, 2.24) is 9.88 Å². The van der Waals surface area contributed by atoms with Crippen LogP contribution in [0.3, 0.4) is 0 Å². The summed E-state index contributed by atoms with van der Waals surface area (Å²) < 4.78 is 0. The van der Waals surface area contributed by atoms with E-state index in [9.17, 15) is 0 Å². The molecule has 1 N–H and O–H groups in total. The van der Waals surface area contributed by atoms with Crippen LogP contribution in [0.2, 0.25) is 10.2 Å². The number of likely N-dealkylation sites (N-methyl/N-ethyl adjacent to an activating group) is 1. The molecule has 0 bridgehead atoms. The number of hydrogen-bond acceptors (Lipinski definition) is 3. The van der Waals surface area contributed by atoms with Gasteiger partial charge in [0.15, 0.2) is 0 Å². The number of halogens is 2. The van der Waals surface area contributed by atoms with E-state index < -0.39 is 0 Å². The fourth-order valence-electron chi connectivity index (χ4n) is 1.27. The Hall–Kier alpha value is -0.350. The lowest BCUT2D eigenvalue weighted by Gasteiger charge is -2.19. The molecule has 3 nitrogen and oxygen atoms in total. The summed E-state index contributed by atoms with van der Waals surface area (Å²) in [6, 6.07) is 3.40. The Morgan fingerprint density at radius 2 is 2.13 bits per heavy atom. The van der Waals surface area contributed by atoms with Gasteiger partial charge in [-0.15, -0.1) is 0 Å². The molecule has 0 aromatic carbocycles. The van der Waals surface area contributed by atoms with Gasteiger partial charge in [-0.2, -0.15) is 0 Å². The van der Waals surface area contributed by atoms with Gasteiger partial charge in [-0.3, -0.25) is 4.90 Å². The van der Waals surface area contributed by atoms with Crippen LogP contribution in [-0.4, -0.2) is 34.7 Å². The quantitative estimate of drug-likeness (QED) is 0.813. The minimum absolute atomic E-state index is 0.131. The maximum Gasteiger partial charge on any atom is 0.129 e. The normalized spacial score (nSPS) is 11.0. The van der Waals surface area contributed by atoms with Gasteiger partial charge >= 0.3 is 0 Å². The summed E-state index contributed by atoms with van der Waals surface area (Å²) in [4.78, 5) is 6.20. The molecule has 0 fully saturated rings. The van der Waals surface area contributed by atoms with Gasteiger partial charge in [0.05, 0.1) is 17.3 Å². The molecule has 84 valence electrons. The number of rotatable bonds is 5. The van der Waals surface area contributed by atoms with Crippen molar-refractivity contribution < 1.29 is 5.11 Å². The molecule has 0 atom stereocenters. The first-order valence-corrected chi connectivity index (χ1v) is 5.57. The van der Waals surface area contributed by atoms with Gasteiger partial charge in [0.25, 0.3) is 0 Å². The highest BCUT2D eigenvalue weighted by Gasteiger charge is 2.08. The molecule has 0 aliphatic carbocycles. The molecule has 1 aromatic heterocycles. The van der Waals surface area contributed by atoms with Crippen molar-refractivity contribution >= 4 is 23.2 Å². The Labute approximate surface area is 99.6 Å². The van der Waals surface area contributed by atoms with Crippen LogP contribution in [-0.2, 0) is 6.54 Å². The second-order valence-electron chi connectivity index (χ2n) is 3.15. The summed E-state index contributed by atoms with van der Waals surface area (Å²) >= 11 is 11.8. The zero-order chi connectivity index (χ0) is 11.3. The van der Waals surface area contributed by atoms with Crippen molar-refractivity contribution in [3.63, 3.8) is 0 Å². The molecule has 5 heteroatoms. The van der Waals surface area contributed by atoms with Gasteiger partial charge in [0.2, 0.25) is 0 Å². The monoisotopic (exact) mass is 248 g/mol. The highest BCUT2D eigenvalue weighted by Crippen LogP contribution is 2.18. The number of nitrogens with zero attached hydrogens (tertiary/aromatic N) is 2. The van der Waals surface area contributed by atoms with Gasteiger partial charge < -0.3 is 5.11 Å². The third kappa shape index (κ3) is 3.95. The molecule has 0 unspecified atom stereocenters. The SMILES string of the molecule is CCN(CCO)Cc1nc(Cl)ccc1Cl. The van der Waals surface area contributed by atoms with Crippen molar-refractivity contribution in [3.8, 4) is 0 Å². The largest absolute Gasteiger partial charge is 0.395 e. The predicted octanol–water partition coefficient (Wildman–Crippen LogP) is 2.20. The zero-order valence-corrected chi connectivity index (χ0v) is 10.1. The molecule has 0 radical (unpaired) electrons. The van der Waals surface area contributed by atoms with Crippen LogP contribution in [0.4, 0.5) is 0 Å². The minimum Gasteiger partial charge on any atom is -0.395 e. The van der Waals surface area contributed by atoms with Crippen molar-refractivity contribution in [1.29, 1.82) is 0 Å². The Kier molecular flexibility index (Phi) is 5.32. The third-order valence-electron chi connectivity index (χ3n) is 2.12. The molecule has 0 aliphatic rings. The van der Waals surface area contributed by atoms with Crippen molar-refractivity contribution in [2.45, 2.75) is 13.5 Å². The summed E-state index contributed by atoms with van der Waals surface area (Å²) in [5, 5.41) is 9.90. The molecular weight excluding hydrogens is 235 g/mol. The van der Waals surface area contributed by atoms with E-state index in [1.165, 1.54) is 0 Å². The number of hydrogen-bond donors (Lipinski definition) is 1. The van der Waals surface area contributed by atoms with Gasteiger partial charge in [0.1, 0.15) is 5.15 Å². The Balaban J connectivity index is 2.73. The number of aromatic nitrogens is 1. The van der Waals surface area contributed by atoms with Crippen molar-refractivity contribution in [2.24, 2.45) is 0 Å². The Morgan fingerprint density at radius 1 is 1.40 bits per heavy atom. The lowest BCUT2D eigenvalue weighted by Crippen LogP contribution is -2.26. The van der Waals surface area contributed by atoms with Crippen LogP contribution < -0.4 is 0 Å². The fourth-order valence-corrected chi connectivity index (χ4v) is 1.60. The van der Waals surface area contributed by atoms with E-state index in [1.54, 1.807) is 12.1 Å². The van der Waals surface area contributed by atoms with Gasteiger partial charge in [-0.1, -0.05) is 30.1 Å². The average Bonchev–Trinajstić information content (AvgIpc) is 2.22. The van der Waals surface area contributed by atoms with Gasteiger partial charge in [-0.25, -0.2) is 4.98 Å². The van der Waals surface area contributed by atoms with Crippen LogP contribution in [0, 0.1) is 0 Å². The smallest absolute Gasteiger partial charge is 0.129 e. The van der Waals surface area contributed by atoms with E-state index >= 15 is 0 Å². The molecule has 1 aromatic rings. The van der Waals surface area contributed by atoms with Crippen LogP contribution in [0.1, 0.15) is 12.6 Å². The molecular formula is C10H14Cl2N2O. The van der Waals surface area contributed by atoms with E-state index in [0.29, 0.717) is 23.3 Å². The second-order valence-corrected chi connectivity index (χ2v) is 3.95. The molecule has 0 saturated carbocycles. The highest BCUT2D eigenvalue weighted by atomic mass is 35.5. The first kappa shape index (κ1) is 12.7. The molecule has 0 aliphatic heterocycles. The molecule has 15 heavy (non-hydrogen) atoms. The highest BCUT2D eigenvalue weighted by molar-refractivity contribution is 6.32. The lowest BCUT2D eigenvalue weighted by atomic mass is 10.3. The number of pyridine rings is 1. The van der Waals surface area contributed by atoms with E-state index in [-0.39, 0.29) is 6.61 Å². The summed E-state index contributed by atoms with van der Waals surface area (Å²) in [5.74, 6) is 0. The van der Waals surface area contributed by atoms with E-state index in [0.717, 1.165) is 12.2 Å². The zero-order valence-electron chi connectivity index (χ0n) is 8.58. The fraction of sp³-hybridized carbons (Fsp3) is 0.500. The topological polar surface area (TPSA) is 36.4 Å². The first-order chi connectivity index (χ1) is 7.17. The Bertz CT molecular complexity index is 320. The molecule has 0 amide bonds. The van der Waals surface area contributed by atoms with E-state index in [2.05, 4.69) is 4.98 Å². The van der Waals surface area contributed by atoms with Gasteiger partial charge in [-0.05, 0) is 18.7 Å². The van der Waals surface area contributed by atoms with Crippen LogP contribution in [0.15, 0.2) is 12.1 Å². The van der Waals surface area contributed by atoms with Crippen molar-refractivity contribution in [2.75, 3.05) is 19.7 Å². The van der Waals surface area contributed by atoms with Crippen molar-refractivity contribution in [3.05, 3.63) is 28.0 Å². The first-order valence-electron chi connectivity index (χ1n) is 4.81. The maximum absolute atomic E-state index is 8.85. The van der Waals surface area contributed by atoms with Crippen LogP contribution >= 0.6 is 23.2 Å². The Morgan fingerprint density at radius 3 is 2.73 bits per heavy atom. The minimum atomic E-state index is 0.131. The predicted molar refractivity (Wildman–Crippen MR) is 62.3 cm³/mol. The molecule has 0 spiro atoms. The molecule has 0 saturated heterocycles. The lowest BCUT2D eigenvalue weighted by molar-refractivity contribution is 0.195. The second kappa shape index (κ2) is 6.28.